The summed E-state index contributed by atoms with van der Waals surface area (Å²) >= 11 is 0. The maximum Gasteiger partial charge on any atom is -0.0179 e. The normalized spacial score (nSPS) is 9.47. The van der Waals surface area contributed by atoms with E-state index in [2.05, 4.69) is 69.0 Å². The Morgan fingerprint density at radius 3 is 1.71 bits per heavy atom. The van der Waals surface area contributed by atoms with Crippen LogP contribution in [0.1, 0.15) is 16.7 Å². The number of rotatable bonds is 1. The van der Waals surface area contributed by atoms with Gasteiger partial charge in [-0.2, -0.15) is 0 Å². The first kappa shape index (κ1) is 13.5. The lowest BCUT2D eigenvalue weighted by Gasteiger charge is -2.06. The zero-order chi connectivity index (χ0) is 12.8. The highest BCUT2D eigenvalue weighted by molar-refractivity contribution is 5.65. The molecule has 2 aromatic carbocycles. The van der Waals surface area contributed by atoms with Crippen molar-refractivity contribution in [1.29, 1.82) is 0 Å². The molecule has 0 unspecified atom stereocenters. The van der Waals surface area contributed by atoms with Crippen molar-refractivity contribution in [3.8, 4) is 11.1 Å². The molecule has 0 saturated heterocycles. The van der Waals surface area contributed by atoms with E-state index in [-0.39, 0.29) is 0 Å². The third-order valence-corrected chi connectivity index (χ3v) is 2.57. The highest BCUT2D eigenvalue weighted by atomic mass is 14.4. The molecule has 90 valence electrons. The van der Waals surface area contributed by atoms with E-state index < -0.39 is 0 Å². The quantitative estimate of drug-likeness (QED) is 0.786. The summed E-state index contributed by atoms with van der Waals surface area (Å²) in [4.78, 5) is 0. The summed E-state index contributed by atoms with van der Waals surface area (Å²) in [6.45, 7) is 6.42. The van der Waals surface area contributed by atoms with Crippen LogP contribution >= 0.6 is 0 Å². The monoisotopic (exact) mass is 227 g/mol. The number of nitrogens with two attached hydrogens (primary N) is 1. The molecule has 0 amide bonds. The van der Waals surface area contributed by atoms with Crippen molar-refractivity contribution in [2.45, 2.75) is 20.8 Å². The van der Waals surface area contributed by atoms with Crippen LogP contribution in [0.4, 0.5) is 0 Å². The third kappa shape index (κ3) is 3.72. The van der Waals surface area contributed by atoms with E-state index in [1.54, 1.807) is 0 Å². The maximum absolute atomic E-state index is 4.50. The Morgan fingerprint density at radius 1 is 0.647 bits per heavy atom. The lowest BCUT2D eigenvalue weighted by molar-refractivity contribution is 1.38. The fourth-order valence-electron chi connectivity index (χ4n) is 1.97. The van der Waals surface area contributed by atoms with Gasteiger partial charge in [-0.15, -0.1) is 0 Å². The Morgan fingerprint density at radius 2 is 1.18 bits per heavy atom. The molecule has 2 N–H and O–H groups in total. The van der Waals surface area contributed by atoms with Crippen LogP contribution in [-0.4, -0.2) is 7.05 Å². The number of aryl methyl sites for hydroxylation is 3. The fraction of sp³-hybridized carbons (Fsp3) is 0.250. The molecule has 1 heteroatoms. The minimum Gasteiger partial charge on any atom is -0.333 e. The molecule has 0 spiro atoms. The Bertz CT molecular complexity index is 466. The van der Waals surface area contributed by atoms with Gasteiger partial charge in [0.2, 0.25) is 0 Å². The van der Waals surface area contributed by atoms with Crippen LogP contribution in [0.2, 0.25) is 0 Å². The van der Waals surface area contributed by atoms with Gasteiger partial charge in [-0.25, -0.2) is 0 Å². The van der Waals surface area contributed by atoms with E-state index in [0.29, 0.717) is 0 Å². The summed E-state index contributed by atoms with van der Waals surface area (Å²) in [6.07, 6.45) is 0. The Labute approximate surface area is 104 Å². The second kappa shape index (κ2) is 6.21. The lowest BCUT2D eigenvalue weighted by atomic mass is 10.00. The molecule has 0 heterocycles. The molecular formula is C16H21N. The predicted molar refractivity (Wildman–Crippen MR) is 76.2 cm³/mol. The van der Waals surface area contributed by atoms with Crippen molar-refractivity contribution in [3.05, 3.63) is 59.2 Å². The van der Waals surface area contributed by atoms with E-state index in [0.717, 1.165) is 0 Å². The van der Waals surface area contributed by atoms with Crippen LogP contribution in [0.5, 0.6) is 0 Å². The predicted octanol–water partition coefficient (Wildman–Crippen LogP) is 3.85. The van der Waals surface area contributed by atoms with Crippen LogP contribution in [0.3, 0.4) is 0 Å². The molecule has 0 aliphatic rings. The van der Waals surface area contributed by atoms with Gasteiger partial charge in [0.15, 0.2) is 0 Å². The summed E-state index contributed by atoms with van der Waals surface area (Å²) in [7, 11) is 1.50. The Balaban J connectivity index is 0.000000686. The Hall–Kier alpha value is -1.60. The van der Waals surface area contributed by atoms with Crippen LogP contribution in [0.25, 0.3) is 11.1 Å². The van der Waals surface area contributed by atoms with Gasteiger partial charge in [0, 0.05) is 0 Å². The van der Waals surface area contributed by atoms with Gasteiger partial charge in [-0.1, -0.05) is 59.2 Å². The molecule has 0 bridgehead atoms. The molecule has 2 aromatic rings. The van der Waals surface area contributed by atoms with Gasteiger partial charge in [-0.3, -0.25) is 0 Å². The molecule has 0 saturated carbocycles. The highest BCUT2D eigenvalue weighted by Crippen LogP contribution is 2.22. The van der Waals surface area contributed by atoms with Crippen molar-refractivity contribution in [2.75, 3.05) is 7.05 Å². The summed E-state index contributed by atoms with van der Waals surface area (Å²) in [5.41, 5.74) is 11.1. The van der Waals surface area contributed by atoms with Crippen LogP contribution < -0.4 is 5.73 Å². The third-order valence-electron chi connectivity index (χ3n) is 2.57. The van der Waals surface area contributed by atoms with Gasteiger partial charge in [0.1, 0.15) is 0 Å². The van der Waals surface area contributed by atoms with Crippen molar-refractivity contribution >= 4 is 0 Å². The van der Waals surface area contributed by atoms with Gasteiger partial charge in [-0.05, 0) is 38.9 Å². The number of hydrogen-bond donors (Lipinski definition) is 1. The van der Waals surface area contributed by atoms with Gasteiger partial charge in [0.25, 0.3) is 0 Å². The minimum atomic E-state index is 1.31. The average Bonchev–Trinajstić information content (AvgIpc) is 2.30. The second-order valence-electron chi connectivity index (χ2n) is 4.25. The zero-order valence-corrected chi connectivity index (χ0v) is 11.1. The second-order valence-corrected chi connectivity index (χ2v) is 4.25. The fourth-order valence-corrected chi connectivity index (χ4v) is 1.97. The molecule has 17 heavy (non-hydrogen) atoms. The van der Waals surface area contributed by atoms with E-state index in [9.17, 15) is 0 Å². The average molecular weight is 227 g/mol. The van der Waals surface area contributed by atoms with Crippen molar-refractivity contribution in [3.63, 3.8) is 0 Å². The summed E-state index contributed by atoms with van der Waals surface area (Å²) in [6, 6.07) is 15.3. The maximum atomic E-state index is 4.50. The first-order valence-corrected chi connectivity index (χ1v) is 5.88. The number of hydrogen-bond acceptors (Lipinski definition) is 1. The molecule has 1 nitrogen and oxygen atoms in total. The lowest BCUT2D eigenvalue weighted by Crippen LogP contribution is -1.83. The highest BCUT2D eigenvalue weighted by Gasteiger charge is 1.99. The molecule has 0 aromatic heterocycles. The van der Waals surface area contributed by atoms with Crippen LogP contribution in [0, 0.1) is 20.8 Å². The van der Waals surface area contributed by atoms with Gasteiger partial charge < -0.3 is 5.73 Å². The molecule has 2 rings (SSSR count). The smallest absolute Gasteiger partial charge is 0.0179 e. The van der Waals surface area contributed by atoms with Crippen molar-refractivity contribution in [1.82, 2.24) is 0 Å². The molecule has 0 fully saturated rings. The SMILES string of the molecule is CN.Cc1cccc(-c2cc(C)cc(C)c2)c1. The molecule has 0 radical (unpaired) electrons. The first-order chi connectivity index (χ1) is 8.15. The molecule has 0 atom stereocenters. The van der Waals surface area contributed by atoms with E-state index in [4.69, 9.17) is 0 Å². The van der Waals surface area contributed by atoms with Gasteiger partial charge in [0.05, 0.1) is 0 Å². The minimum absolute atomic E-state index is 1.31. The van der Waals surface area contributed by atoms with Crippen molar-refractivity contribution in [2.24, 2.45) is 5.73 Å². The molecular weight excluding hydrogens is 206 g/mol. The van der Waals surface area contributed by atoms with Gasteiger partial charge >= 0.3 is 0 Å². The Kier molecular flexibility index (Phi) is 4.92. The summed E-state index contributed by atoms with van der Waals surface area (Å²) in [5, 5.41) is 0. The summed E-state index contributed by atoms with van der Waals surface area (Å²) < 4.78 is 0. The van der Waals surface area contributed by atoms with Crippen LogP contribution in [0.15, 0.2) is 42.5 Å². The number of benzene rings is 2. The topological polar surface area (TPSA) is 26.0 Å². The van der Waals surface area contributed by atoms with Crippen molar-refractivity contribution < 1.29 is 0 Å². The standard InChI is InChI=1S/C15H16.CH5N/c1-11-5-4-6-14(8-11)15-9-12(2)7-13(3)10-15;1-2/h4-10H,1-3H3;2H2,1H3. The first-order valence-electron chi connectivity index (χ1n) is 5.88. The van der Waals surface area contributed by atoms with Crippen LogP contribution in [-0.2, 0) is 0 Å². The van der Waals surface area contributed by atoms with E-state index >= 15 is 0 Å². The molecule has 0 aliphatic heterocycles. The molecule has 0 aliphatic carbocycles. The zero-order valence-electron chi connectivity index (χ0n) is 11.1. The van der Waals surface area contributed by atoms with E-state index in [1.807, 2.05) is 0 Å². The van der Waals surface area contributed by atoms with E-state index in [1.165, 1.54) is 34.9 Å². The largest absolute Gasteiger partial charge is 0.333 e. The summed E-state index contributed by atoms with van der Waals surface area (Å²) in [5.74, 6) is 0.